The molecule has 1 rings (SSSR count). The molecule has 112 valence electrons. The summed E-state index contributed by atoms with van der Waals surface area (Å²) in [6.07, 6.45) is 1.56. The molecular formula is C15H23NO3S. The largest absolute Gasteiger partial charge is 0.388 e. The first-order valence-corrected chi connectivity index (χ1v) is 7.69. The van der Waals surface area contributed by atoms with E-state index in [4.69, 9.17) is 0 Å². The van der Waals surface area contributed by atoms with Crippen LogP contribution in [0.5, 0.6) is 0 Å². The zero-order valence-electron chi connectivity index (χ0n) is 12.5. The Kier molecular flexibility index (Phi) is 5.89. The van der Waals surface area contributed by atoms with Crippen molar-refractivity contribution < 1.29 is 14.7 Å². The minimum Gasteiger partial charge on any atom is -0.388 e. The van der Waals surface area contributed by atoms with Crippen LogP contribution in [0.15, 0.2) is 11.4 Å². The Morgan fingerprint density at radius 1 is 1.45 bits per heavy atom. The van der Waals surface area contributed by atoms with Crippen LogP contribution in [0.4, 0.5) is 0 Å². The maximum atomic E-state index is 11.9. The highest BCUT2D eigenvalue weighted by Gasteiger charge is 2.22. The molecule has 0 bridgehead atoms. The summed E-state index contributed by atoms with van der Waals surface area (Å²) < 4.78 is 0. The van der Waals surface area contributed by atoms with Crippen molar-refractivity contribution in [3.8, 4) is 0 Å². The average Bonchev–Trinajstić information content (AvgIpc) is 2.83. The lowest BCUT2D eigenvalue weighted by molar-refractivity contribution is 0.0430. The topological polar surface area (TPSA) is 66.4 Å². The monoisotopic (exact) mass is 297 g/mol. The molecule has 1 atom stereocenters. The number of amides is 1. The van der Waals surface area contributed by atoms with E-state index in [1.54, 1.807) is 18.4 Å². The summed E-state index contributed by atoms with van der Waals surface area (Å²) >= 11 is 1.24. The van der Waals surface area contributed by atoms with Crippen LogP contribution < -0.4 is 5.32 Å². The van der Waals surface area contributed by atoms with Crippen LogP contribution in [0.2, 0.25) is 0 Å². The van der Waals surface area contributed by atoms with E-state index in [-0.39, 0.29) is 18.2 Å². The molecule has 0 aliphatic heterocycles. The number of Topliss-reactive ketones (excluding diaryl/α,β-unsaturated/α-hetero) is 1. The predicted molar refractivity (Wildman–Crippen MR) is 81.4 cm³/mol. The van der Waals surface area contributed by atoms with Gasteiger partial charge >= 0.3 is 0 Å². The Labute approximate surface area is 124 Å². The van der Waals surface area contributed by atoms with E-state index in [0.717, 1.165) is 6.42 Å². The van der Waals surface area contributed by atoms with Crippen LogP contribution in [-0.4, -0.2) is 28.9 Å². The van der Waals surface area contributed by atoms with Crippen molar-refractivity contribution in [3.05, 3.63) is 21.9 Å². The number of rotatable bonds is 7. The van der Waals surface area contributed by atoms with E-state index in [9.17, 15) is 14.7 Å². The minimum atomic E-state index is -0.902. The van der Waals surface area contributed by atoms with E-state index in [1.807, 2.05) is 0 Å². The Morgan fingerprint density at radius 3 is 2.60 bits per heavy atom. The Morgan fingerprint density at radius 2 is 2.10 bits per heavy atom. The normalized spacial score (nSPS) is 14.1. The molecule has 1 aromatic rings. The molecular weight excluding hydrogens is 274 g/mol. The first-order chi connectivity index (χ1) is 9.21. The molecule has 20 heavy (non-hydrogen) atoms. The first-order valence-electron chi connectivity index (χ1n) is 6.81. The molecule has 0 saturated heterocycles. The van der Waals surface area contributed by atoms with Gasteiger partial charge in [0.15, 0.2) is 5.78 Å². The molecule has 1 unspecified atom stereocenters. The second-order valence-electron chi connectivity index (χ2n) is 5.87. The summed E-state index contributed by atoms with van der Waals surface area (Å²) in [7, 11) is 0. The van der Waals surface area contributed by atoms with Gasteiger partial charge in [-0.3, -0.25) is 9.59 Å². The Bertz CT molecular complexity index is 477. The zero-order chi connectivity index (χ0) is 15.3. The molecule has 1 aromatic heterocycles. The van der Waals surface area contributed by atoms with E-state index in [1.165, 1.54) is 18.3 Å². The van der Waals surface area contributed by atoms with Crippen molar-refractivity contribution in [1.82, 2.24) is 5.32 Å². The second kappa shape index (κ2) is 6.99. The minimum absolute atomic E-state index is 0.0516. The lowest BCUT2D eigenvalue weighted by atomic mass is 9.95. The van der Waals surface area contributed by atoms with Crippen molar-refractivity contribution >= 4 is 23.0 Å². The summed E-state index contributed by atoms with van der Waals surface area (Å²) in [4.78, 5) is 23.6. The average molecular weight is 297 g/mol. The van der Waals surface area contributed by atoms with Gasteiger partial charge in [-0.15, -0.1) is 11.3 Å². The summed E-state index contributed by atoms with van der Waals surface area (Å²) in [5.41, 5.74) is -0.354. The standard InChI is InChI=1S/C15H23NO3S/c1-10(2)5-6-15(4,19)9-16-14(18)13-7-12(8-20-13)11(3)17/h7-8,10,19H,5-6,9H2,1-4H3,(H,16,18). The number of carbonyl (C=O) groups excluding carboxylic acids is 2. The maximum Gasteiger partial charge on any atom is 0.261 e. The van der Waals surface area contributed by atoms with E-state index < -0.39 is 5.60 Å². The first kappa shape index (κ1) is 16.9. The van der Waals surface area contributed by atoms with Crippen molar-refractivity contribution in [3.63, 3.8) is 0 Å². The molecule has 0 spiro atoms. The molecule has 0 aromatic carbocycles. The van der Waals surface area contributed by atoms with E-state index >= 15 is 0 Å². The van der Waals surface area contributed by atoms with Gasteiger partial charge in [0.25, 0.3) is 5.91 Å². The molecule has 0 saturated carbocycles. The van der Waals surface area contributed by atoms with Gasteiger partial charge in [-0.1, -0.05) is 13.8 Å². The SMILES string of the molecule is CC(=O)c1csc(C(=O)NCC(C)(O)CCC(C)C)c1. The summed E-state index contributed by atoms with van der Waals surface area (Å²) in [5.74, 6) is 0.226. The molecule has 0 aliphatic rings. The quantitative estimate of drug-likeness (QED) is 0.761. The highest BCUT2D eigenvalue weighted by atomic mass is 32.1. The second-order valence-corrected chi connectivity index (χ2v) is 6.78. The van der Waals surface area contributed by atoms with Gasteiger partial charge in [-0.05, 0) is 38.7 Å². The van der Waals surface area contributed by atoms with Gasteiger partial charge in [0.1, 0.15) is 0 Å². The summed E-state index contributed by atoms with van der Waals surface area (Å²) in [6, 6.07) is 1.59. The fourth-order valence-corrected chi connectivity index (χ4v) is 2.55. The van der Waals surface area contributed by atoms with Gasteiger partial charge in [0.05, 0.1) is 10.5 Å². The third-order valence-corrected chi connectivity index (χ3v) is 4.05. The lowest BCUT2D eigenvalue weighted by Crippen LogP contribution is -2.40. The number of carbonyl (C=O) groups is 2. The summed E-state index contributed by atoms with van der Waals surface area (Å²) in [6.45, 7) is 7.62. The van der Waals surface area contributed by atoms with Crippen LogP contribution in [0.1, 0.15) is 60.6 Å². The van der Waals surface area contributed by atoms with Gasteiger partial charge < -0.3 is 10.4 Å². The maximum absolute atomic E-state index is 11.9. The van der Waals surface area contributed by atoms with Crippen molar-refractivity contribution in [2.45, 2.75) is 46.1 Å². The number of nitrogens with one attached hydrogen (secondary N) is 1. The predicted octanol–water partition coefficient (Wildman–Crippen LogP) is 2.87. The van der Waals surface area contributed by atoms with Gasteiger partial charge in [0.2, 0.25) is 0 Å². The molecule has 1 heterocycles. The highest BCUT2D eigenvalue weighted by Crippen LogP contribution is 2.17. The summed E-state index contributed by atoms with van der Waals surface area (Å²) in [5, 5.41) is 14.6. The van der Waals surface area contributed by atoms with Gasteiger partial charge in [-0.25, -0.2) is 0 Å². The fourth-order valence-electron chi connectivity index (χ4n) is 1.69. The van der Waals surface area contributed by atoms with E-state index in [2.05, 4.69) is 19.2 Å². The Balaban J connectivity index is 2.51. The van der Waals surface area contributed by atoms with Crippen molar-refractivity contribution in [1.29, 1.82) is 0 Å². The van der Waals surface area contributed by atoms with Crippen LogP contribution in [0.3, 0.4) is 0 Å². The molecule has 0 radical (unpaired) electrons. The number of hydrogen-bond donors (Lipinski definition) is 2. The van der Waals surface area contributed by atoms with Crippen LogP contribution in [-0.2, 0) is 0 Å². The van der Waals surface area contributed by atoms with Gasteiger partial charge in [-0.2, -0.15) is 0 Å². The van der Waals surface area contributed by atoms with E-state index in [0.29, 0.717) is 22.8 Å². The zero-order valence-corrected chi connectivity index (χ0v) is 13.3. The lowest BCUT2D eigenvalue weighted by Gasteiger charge is -2.24. The molecule has 4 nitrogen and oxygen atoms in total. The van der Waals surface area contributed by atoms with Crippen LogP contribution in [0, 0.1) is 5.92 Å². The fraction of sp³-hybridized carbons (Fsp3) is 0.600. The molecule has 1 amide bonds. The third-order valence-electron chi connectivity index (χ3n) is 3.12. The number of aliphatic hydroxyl groups is 1. The number of ketones is 1. The van der Waals surface area contributed by atoms with Crippen LogP contribution in [0.25, 0.3) is 0 Å². The Hall–Kier alpha value is -1.20. The van der Waals surface area contributed by atoms with Crippen molar-refractivity contribution in [2.75, 3.05) is 6.54 Å². The molecule has 0 fully saturated rings. The van der Waals surface area contributed by atoms with Gasteiger partial charge in [0, 0.05) is 17.5 Å². The van der Waals surface area contributed by atoms with Crippen LogP contribution >= 0.6 is 11.3 Å². The smallest absolute Gasteiger partial charge is 0.261 e. The number of thiophene rings is 1. The molecule has 5 heteroatoms. The number of hydrogen-bond acceptors (Lipinski definition) is 4. The molecule has 0 aliphatic carbocycles. The van der Waals surface area contributed by atoms with Crippen molar-refractivity contribution in [2.24, 2.45) is 5.92 Å². The molecule has 2 N–H and O–H groups in total. The third kappa shape index (κ3) is 5.43. The highest BCUT2D eigenvalue weighted by molar-refractivity contribution is 7.12.